The van der Waals surface area contributed by atoms with Gasteiger partial charge in [0.1, 0.15) is 0 Å². The highest BCUT2D eigenvalue weighted by molar-refractivity contribution is 5.85. The monoisotopic (exact) mass is 312 g/mol. The lowest BCUT2D eigenvalue weighted by Crippen LogP contribution is -2.53. The maximum Gasteiger partial charge on any atom is 0.231 e. The molecule has 116 valence electrons. The first-order chi connectivity index (χ1) is 9.60. The Labute approximate surface area is 130 Å². The normalized spacial score (nSPS) is 18.6. The molecule has 1 heterocycles. The van der Waals surface area contributed by atoms with Crippen LogP contribution < -0.4 is 20.5 Å². The number of benzene rings is 1. The first-order valence-corrected chi connectivity index (χ1v) is 7.00. The van der Waals surface area contributed by atoms with E-state index < -0.39 is 0 Å². The summed E-state index contributed by atoms with van der Waals surface area (Å²) in [6.07, 6.45) is 2.63. The van der Waals surface area contributed by atoms with Gasteiger partial charge in [-0.1, -0.05) is 6.07 Å². The van der Waals surface area contributed by atoms with Crippen molar-refractivity contribution in [1.29, 1.82) is 0 Å². The molecule has 21 heavy (non-hydrogen) atoms. The summed E-state index contributed by atoms with van der Waals surface area (Å²) >= 11 is 0. The molecular weight excluding hydrogens is 292 g/mol. The van der Waals surface area contributed by atoms with Gasteiger partial charge in [-0.3, -0.25) is 4.79 Å². The zero-order valence-corrected chi connectivity index (χ0v) is 12.9. The van der Waals surface area contributed by atoms with Gasteiger partial charge in [-0.05, 0) is 43.4 Å². The number of hydrogen-bond donors (Lipinski definition) is 2. The van der Waals surface area contributed by atoms with Crippen molar-refractivity contribution in [2.45, 2.75) is 31.7 Å². The predicted octanol–water partition coefficient (Wildman–Crippen LogP) is 1.62. The van der Waals surface area contributed by atoms with E-state index in [0.717, 1.165) is 24.2 Å². The van der Waals surface area contributed by atoms with Crippen LogP contribution in [0.15, 0.2) is 18.2 Å². The van der Waals surface area contributed by atoms with Crippen molar-refractivity contribution in [2.24, 2.45) is 11.7 Å². The zero-order chi connectivity index (χ0) is 14.2. The topological polar surface area (TPSA) is 73.6 Å². The molecule has 0 radical (unpaired) electrons. The molecule has 1 amide bonds. The summed E-state index contributed by atoms with van der Waals surface area (Å²) < 4.78 is 10.6. The third-order valence-electron chi connectivity index (χ3n) is 4.13. The fourth-order valence-electron chi connectivity index (χ4n) is 2.64. The van der Waals surface area contributed by atoms with Gasteiger partial charge in [-0.2, -0.15) is 0 Å². The van der Waals surface area contributed by atoms with Crippen LogP contribution in [0.4, 0.5) is 0 Å². The highest BCUT2D eigenvalue weighted by Crippen LogP contribution is 2.39. The molecule has 6 heteroatoms. The number of nitrogens with one attached hydrogen (secondary N) is 1. The van der Waals surface area contributed by atoms with E-state index in [2.05, 4.69) is 5.32 Å². The van der Waals surface area contributed by atoms with Gasteiger partial charge in [0, 0.05) is 6.54 Å². The minimum absolute atomic E-state index is 0. The molecule has 1 aliphatic carbocycles. The number of fused-ring (bicyclic) bond motifs is 1. The van der Waals surface area contributed by atoms with Crippen LogP contribution in [0.3, 0.4) is 0 Å². The molecular formula is C15H21ClN2O3. The summed E-state index contributed by atoms with van der Waals surface area (Å²) in [5.41, 5.74) is 6.46. The SMILES string of the molecule is CC(CN)(NC(=O)Cc1ccc2c(c1)OCO2)C1CC1.Cl. The third kappa shape index (κ3) is 3.41. The summed E-state index contributed by atoms with van der Waals surface area (Å²) in [6.45, 7) is 2.75. The van der Waals surface area contributed by atoms with Crippen molar-refractivity contribution in [3.63, 3.8) is 0 Å². The van der Waals surface area contributed by atoms with E-state index in [4.69, 9.17) is 15.2 Å². The molecule has 1 saturated carbocycles. The number of carbonyl (C=O) groups excluding carboxylic acids is 1. The lowest BCUT2D eigenvalue weighted by atomic mass is 9.95. The summed E-state index contributed by atoms with van der Waals surface area (Å²) in [5.74, 6) is 1.97. The van der Waals surface area contributed by atoms with Gasteiger partial charge in [0.05, 0.1) is 12.0 Å². The Morgan fingerprint density at radius 1 is 1.38 bits per heavy atom. The minimum Gasteiger partial charge on any atom is -0.454 e. The molecule has 0 bridgehead atoms. The van der Waals surface area contributed by atoms with Crippen molar-refractivity contribution < 1.29 is 14.3 Å². The molecule has 3 rings (SSSR count). The lowest BCUT2D eigenvalue weighted by molar-refractivity contribution is -0.122. The second kappa shape index (κ2) is 6.12. The second-order valence-electron chi connectivity index (χ2n) is 5.81. The maximum absolute atomic E-state index is 12.2. The Morgan fingerprint density at radius 3 is 2.76 bits per heavy atom. The van der Waals surface area contributed by atoms with Gasteiger partial charge in [0.2, 0.25) is 12.7 Å². The Morgan fingerprint density at radius 2 is 2.10 bits per heavy atom. The molecule has 1 atom stereocenters. The van der Waals surface area contributed by atoms with E-state index in [1.807, 2.05) is 25.1 Å². The van der Waals surface area contributed by atoms with Crippen LogP contribution in [-0.4, -0.2) is 24.8 Å². The van der Waals surface area contributed by atoms with Crippen LogP contribution in [0.2, 0.25) is 0 Å². The van der Waals surface area contributed by atoms with Gasteiger partial charge in [-0.25, -0.2) is 0 Å². The summed E-state index contributed by atoms with van der Waals surface area (Å²) in [5, 5.41) is 3.09. The Hall–Kier alpha value is -1.46. The maximum atomic E-state index is 12.2. The number of ether oxygens (including phenoxy) is 2. The third-order valence-corrected chi connectivity index (χ3v) is 4.13. The van der Waals surface area contributed by atoms with Gasteiger partial charge < -0.3 is 20.5 Å². The van der Waals surface area contributed by atoms with Crippen LogP contribution in [0.5, 0.6) is 11.5 Å². The van der Waals surface area contributed by atoms with Crippen molar-refractivity contribution in [3.05, 3.63) is 23.8 Å². The van der Waals surface area contributed by atoms with Crippen LogP contribution in [-0.2, 0) is 11.2 Å². The number of carbonyl (C=O) groups is 1. The molecule has 1 aromatic carbocycles. The minimum atomic E-state index is -0.270. The number of nitrogens with two attached hydrogens (primary N) is 1. The van der Waals surface area contributed by atoms with Crippen LogP contribution >= 0.6 is 12.4 Å². The Bertz CT molecular complexity index is 534. The highest BCUT2D eigenvalue weighted by Gasteiger charge is 2.41. The molecule has 0 aromatic heterocycles. The van der Waals surface area contributed by atoms with Gasteiger partial charge in [0.15, 0.2) is 11.5 Å². The van der Waals surface area contributed by atoms with Crippen LogP contribution in [0.1, 0.15) is 25.3 Å². The molecule has 1 aliphatic heterocycles. The average molecular weight is 313 g/mol. The fourth-order valence-corrected chi connectivity index (χ4v) is 2.64. The first-order valence-electron chi connectivity index (χ1n) is 7.00. The summed E-state index contributed by atoms with van der Waals surface area (Å²) in [6, 6.07) is 5.59. The molecule has 1 unspecified atom stereocenters. The van der Waals surface area contributed by atoms with E-state index >= 15 is 0 Å². The molecule has 1 aromatic rings. The molecule has 1 fully saturated rings. The highest BCUT2D eigenvalue weighted by atomic mass is 35.5. The number of amides is 1. The van der Waals surface area contributed by atoms with Crippen molar-refractivity contribution in [1.82, 2.24) is 5.32 Å². The van der Waals surface area contributed by atoms with E-state index in [1.54, 1.807) is 0 Å². The molecule has 3 N–H and O–H groups in total. The standard InChI is InChI=1S/C15H20N2O3.ClH/c1-15(8-16,11-3-4-11)17-14(18)7-10-2-5-12-13(6-10)20-9-19-12;/h2,5-6,11H,3-4,7-9,16H2,1H3,(H,17,18);1H. The van der Waals surface area contributed by atoms with Crippen LogP contribution in [0, 0.1) is 5.92 Å². The average Bonchev–Trinajstić information content (AvgIpc) is 3.18. The van der Waals surface area contributed by atoms with Crippen LogP contribution in [0.25, 0.3) is 0 Å². The second-order valence-corrected chi connectivity index (χ2v) is 5.81. The molecule has 0 spiro atoms. The van der Waals surface area contributed by atoms with E-state index in [9.17, 15) is 4.79 Å². The molecule has 2 aliphatic rings. The number of rotatable bonds is 5. The largest absolute Gasteiger partial charge is 0.454 e. The predicted molar refractivity (Wildman–Crippen MR) is 81.8 cm³/mol. The molecule has 0 saturated heterocycles. The zero-order valence-electron chi connectivity index (χ0n) is 12.1. The summed E-state index contributed by atoms with van der Waals surface area (Å²) in [4.78, 5) is 12.2. The molecule has 5 nitrogen and oxygen atoms in total. The van der Waals surface area contributed by atoms with E-state index in [0.29, 0.717) is 24.6 Å². The van der Waals surface area contributed by atoms with Crippen molar-refractivity contribution in [3.8, 4) is 11.5 Å². The quantitative estimate of drug-likeness (QED) is 0.866. The van der Waals surface area contributed by atoms with E-state index in [1.165, 1.54) is 0 Å². The first kappa shape index (κ1) is 15.9. The van der Waals surface area contributed by atoms with Gasteiger partial charge in [0.25, 0.3) is 0 Å². The van der Waals surface area contributed by atoms with Gasteiger partial charge in [-0.15, -0.1) is 12.4 Å². The fraction of sp³-hybridized carbons (Fsp3) is 0.533. The van der Waals surface area contributed by atoms with Crippen molar-refractivity contribution in [2.75, 3.05) is 13.3 Å². The smallest absolute Gasteiger partial charge is 0.231 e. The number of halogens is 1. The number of hydrogen-bond acceptors (Lipinski definition) is 4. The van der Waals surface area contributed by atoms with E-state index in [-0.39, 0.29) is 30.6 Å². The Balaban J connectivity index is 0.00000161. The van der Waals surface area contributed by atoms with Crippen molar-refractivity contribution >= 4 is 18.3 Å². The lowest BCUT2D eigenvalue weighted by Gasteiger charge is -2.29. The van der Waals surface area contributed by atoms with Gasteiger partial charge >= 0.3 is 0 Å². The Kier molecular flexibility index (Phi) is 4.64. The summed E-state index contributed by atoms with van der Waals surface area (Å²) in [7, 11) is 0.